The maximum Gasteiger partial charge on any atom is 0.147 e. The van der Waals surface area contributed by atoms with E-state index >= 15 is 0 Å². The van der Waals surface area contributed by atoms with Crippen molar-refractivity contribution < 1.29 is 4.74 Å². The molecule has 2 aromatic rings. The molecular formula is C19H24N4O. The molecule has 1 saturated heterocycles. The molecule has 126 valence electrons. The number of hydrogen-bond acceptors (Lipinski definition) is 5. The van der Waals surface area contributed by atoms with Crippen molar-refractivity contribution in [3.63, 3.8) is 0 Å². The monoisotopic (exact) mass is 324 g/mol. The number of benzene rings is 1. The molecule has 0 spiro atoms. The summed E-state index contributed by atoms with van der Waals surface area (Å²) in [7, 11) is 0. The molecular weight excluding hydrogens is 300 g/mol. The lowest BCUT2D eigenvalue weighted by atomic mass is 9.96. The zero-order valence-electron chi connectivity index (χ0n) is 14.0. The van der Waals surface area contributed by atoms with Gasteiger partial charge in [-0.15, -0.1) is 0 Å². The van der Waals surface area contributed by atoms with Crippen LogP contribution in [-0.2, 0) is 6.42 Å². The van der Waals surface area contributed by atoms with E-state index in [1.807, 2.05) is 6.20 Å². The lowest BCUT2D eigenvalue weighted by molar-refractivity contribution is 0.200. The van der Waals surface area contributed by atoms with Crippen molar-refractivity contribution in [3.05, 3.63) is 48.4 Å². The summed E-state index contributed by atoms with van der Waals surface area (Å²) in [6, 6.07) is 8.48. The molecule has 0 aliphatic carbocycles. The molecule has 4 rings (SSSR count). The first-order valence-corrected chi connectivity index (χ1v) is 8.82. The van der Waals surface area contributed by atoms with E-state index in [2.05, 4.69) is 44.0 Å². The van der Waals surface area contributed by atoms with Gasteiger partial charge in [0.15, 0.2) is 0 Å². The number of aromatic nitrogens is 2. The van der Waals surface area contributed by atoms with E-state index in [4.69, 9.17) is 4.74 Å². The van der Waals surface area contributed by atoms with E-state index in [9.17, 15) is 0 Å². The highest BCUT2D eigenvalue weighted by Gasteiger charge is 2.23. The second-order valence-electron chi connectivity index (χ2n) is 6.67. The van der Waals surface area contributed by atoms with Gasteiger partial charge in [0.25, 0.3) is 0 Å². The quantitative estimate of drug-likeness (QED) is 0.866. The number of fused-ring (bicyclic) bond motifs is 1. The minimum atomic E-state index is 0.678. The number of ether oxygens (including phenoxy) is 1. The predicted molar refractivity (Wildman–Crippen MR) is 94.4 cm³/mol. The van der Waals surface area contributed by atoms with Gasteiger partial charge in [0.05, 0.1) is 12.8 Å². The summed E-state index contributed by atoms with van der Waals surface area (Å²) in [5.41, 5.74) is 1.36. The molecule has 1 unspecified atom stereocenters. The molecule has 0 N–H and O–H groups in total. The summed E-state index contributed by atoms with van der Waals surface area (Å²) in [5, 5.41) is 0. The van der Waals surface area contributed by atoms with Crippen molar-refractivity contribution in [1.82, 2.24) is 14.9 Å². The van der Waals surface area contributed by atoms with Crippen LogP contribution in [0.25, 0.3) is 0 Å². The van der Waals surface area contributed by atoms with Gasteiger partial charge in [0.2, 0.25) is 0 Å². The standard InChI is InChI=1S/C19H24N4O/c1-2-4-18-17(3-1)13-16(5-12-24-18)15-22-8-10-23(11-9-22)19-14-20-6-7-21-19/h1-4,6-7,14,16H,5,8-13,15H2. The molecule has 2 aliphatic heterocycles. The molecule has 1 aromatic heterocycles. The van der Waals surface area contributed by atoms with Crippen LogP contribution in [0.1, 0.15) is 12.0 Å². The molecule has 5 nitrogen and oxygen atoms in total. The molecule has 3 heterocycles. The average molecular weight is 324 g/mol. The largest absolute Gasteiger partial charge is 0.493 e. The fraction of sp³-hybridized carbons (Fsp3) is 0.474. The Morgan fingerprint density at radius 3 is 2.79 bits per heavy atom. The van der Waals surface area contributed by atoms with Gasteiger partial charge in [-0.25, -0.2) is 4.98 Å². The zero-order chi connectivity index (χ0) is 16.2. The van der Waals surface area contributed by atoms with Crippen LogP contribution in [-0.4, -0.2) is 54.2 Å². The number of piperazine rings is 1. The molecule has 5 heteroatoms. The normalized spacial score (nSPS) is 21.7. The summed E-state index contributed by atoms with van der Waals surface area (Å²) >= 11 is 0. The van der Waals surface area contributed by atoms with E-state index in [-0.39, 0.29) is 0 Å². The average Bonchev–Trinajstić information content (AvgIpc) is 2.85. The Kier molecular flexibility index (Phi) is 4.60. The smallest absolute Gasteiger partial charge is 0.147 e. The van der Waals surface area contributed by atoms with Crippen LogP contribution in [0.4, 0.5) is 5.82 Å². The molecule has 24 heavy (non-hydrogen) atoms. The van der Waals surface area contributed by atoms with Gasteiger partial charge < -0.3 is 9.64 Å². The third-order valence-corrected chi connectivity index (χ3v) is 5.03. The van der Waals surface area contributed by atoms with Crippen LogP contribution in [0.15, 0.2) is 42.9 Å². The predicted octanol–water partition coefficient (Wildman–Crippen LogP) is 2.24. The van der Waals surface area contributed by atoms with E-state index in [0.717, 1.165) is 63.7 Å². The fourth-order valence-corrected chi connectivity index (χ4v) is 3.70. The third kappa shape index (κ3) is 3.51. The Labute approximate surface area is 143 Å². The Balaban J connectivity index is 1.32. The van der Waals surface area contributed by atoms with Gasteiger partial charge in [0.1, 0.15) is 11.6 Å². The van der Waals surface area contributed by atoms with Gasteiger partial charge in [-0.1, -0.05) is 18.2 Å². The van der Waals surface area contributed by atoms with Crippen LogP contribution in [0.2, 0.25) is 0 Å². The molecule has 2 aliphatic rings. The Morgan fingerprint density at radius 2 is 1.96 bits per heavy atom. The lowest BCUT2D eigenvalue weighted by Crippen LogP contribution is -2.48. The van der Waals surface area contributed by atoms with E-state index in [1.54, 1.807) is 12.4 Å². The van der Waals surface area contributed by atoms with Crippen LogP contribution < -0.4 is 9.64 Å². The van der Waals surface area contributed by atoms with Crippen LogP contribution >= 0.6 is 0 Å². The van der Waals surface area contributed by atoms with Gasteiger partial charge >= 0.3 is 0 Å². The van der Waals surface area contributed by atoms with Gasteiger partial charge in [-0.3, -0.25) is 9.88 Å². The number of para-hydroxylation sites is 1. The van der Waals surface area contributed by atoms with Crippen LogP contribution in [0, 0.1) is 5.92 Å². The summed E-state index contributed by atoms with van der Waals surface area (Å²) < 4.78 is 5.90. The van der Waals surface area contributed by atoms with E-state index < -0.39 is 0 Å². The fourth-order valence-electron chi connectivity index (χ4n) is 3.70. The molecule has 0 saturated carbocycles. The first-order chi connectivity index (χ1) is 11.9. The minimum Gasteiger partial charge on any atom is -0.493 e. The molecule has 0 radical (unpaired) electrons. The van der Waals surface area contributed by atoms with Crippen molar-refractivity contribution in [1.29, 1.82) is 0 Å². The first kappa shape index (κ1) is 15.4. The van der Waals surface area contributed by atoms with Crippen molar-refractivity contribution >= 4 is 5.82 Å². The lowest BCUT2D eigenvalue weighted by Gasteiger charge is -2.36. The topological polar surface area (TPSA) is 41.5 Å². The van der Waals surface area contributed by atoms with Crippen molar-refractivity contribution in [2.75, 3.05) is 44.2 Å². The van der Waals surface area contributed by atoms with E-state index in [1.165, 1.54) is 5.56 Å². The van der Waals surface area contributed by atoms with Gasteiger partial charge in [-0.05, 0) is 30.4 Å². The van der Waals surface area contributed by atoms with E-state index in [0.29, 0.717) is 5.92 Å². The number of hydrogen-bond donors (Lipinski definition) is 0. The zero-order valence-corrected chi connectivity index (χ0v) is 14.0. The molecule has 1 fully saturated rings. The minimum absolute atomic E-state index is 0.678. The Morgan fingerprint density at radius 1 is 1.08 bits per heavy atom. The highest BCUT2D eigenvalue weighted by molar-refractivity contribution is 5.36. The number of anilines is 1. The molecule has 1 aromatic carbocycles. The molecule has 0 bridgehead atoms. The highest BCUT2D eigenvalue weighted by Crippen LogP contribution is 2.27. The molecule has 1 atom stereocenters. The Bertz CT molecular complexity index is 655. The van der Waals surface area contributed by atoms with Crippen LogP contribution in [0.5, 0.6) is 5.75 Å². The summed E-state index contributed by atoms with van der Waals surface area (Å²) in [5.74, 6) is 2.75. The highest BCUT2D eigenvalue weighted by atomic mass is 16.5. The SMILES string of the molecule is c1ccc2c(c1)CC(CN1CCN(c3cnccn3)CC1)CCO2. The summed E-state index contributed by atoms with van der Waals surface area (Å²) in [4.78, 5) is 13.5. The third-order valence-electron chi connectivity index (χ3n) is 5.03. The van der Waals surface area contributed by atoms with Crippen molar-refractivity contribution in [2.45, 2.75) is 12.8 Å². The summed E-state index contributed by atoms with van der Waals surface area (Å²) in [6.45, 7) is 6.23. The van der Waals surface area contributed by atoms with Crippen molar-refractivity contribution in [2.24, 2.45) is 5.92 Å². The van der Waals surface area contributed by atoms with Gasteiger partial charge in [-0.2, -0.15) is 0 Å². The van der Waals surface area contributed by atoms with Crippen LogP contribution in [0.3, 0.4) is 0 Å². The van der Waals surface area contributed by atoms with Crippen molar-refractivity contribution in [3.8, 4) is 5.75 Å². The first-order valence-electron chi connectivity index (χ1n) is 8.82. The summed E-state index contributed by atoms with van der Waals surface area (Å²) in [6.07, 6.45) is 7.62. The maximum absolute atomic E-state index is 5.90. The maximum atomic E-state index is 5.90. The molecule has 0 amide bonds. The Hall–Kier alpha value is -2.14. The number of nitrogens with zero attached hydrogens (tertiary/aromatic N) is 4. The number of rotatable bonds is 3. The second-order valence-corrected chi connectivity index (χ2v) is 6.67. The second kappa shape index (κ2) is 7.18. The van der Waals surface area contributed by atoms with Gasteiger partial charge in [0, 0.05) is 45.1 Å².